The van der Waals surface area contributed by atoms with E-state index >= 15 is 0 Å². The maximum atomic E-state index is 5.81. The van der Waals surface area contributed by atoms with Crippen molar-refractivity contribution < 1.29 is 4.74 Å². The zero-order valence-electron chi connectivity index (χ0n) is 10.4. The SMILES string of the molecule is CC1(CNC2CCc3cccnc32)CCCO1. The van der Waals surface area contributed by atoms with Gasteiger partial charge in [-0.3, -0.25) is 4.98 Å². The highest BCUT2D eigenvalue weighted by molar-refractivity contribution is 5.27. The van der Waals surface area contributed by atoms with Crippen molar-refractivity contribution in [3.63, 3.8) is 0 Å². The van der Waals surface area contributed by atoms with E-state index in [0.717, 1.165) is 19.6 Å². The molecule has 92 valence electrons. The number of pyridine rings is 1. The molecule has 2 heterocycles. The van der Waals surface area contributed by atoms with Gasteiger partial charge in [-0.25, -0.2) is 0 Å². The van der Waals surface area contributed by atoms with Crippen molar-refractivity contribution in [2.45, 2.75) is 44.2 Å². The summed E-state index contributed by atoms with van der Waals surface area (Å²) in [6.07, 6.45) is 6.58. The lowest BCUT2D eigenvalue weighted by Gasteiger charge is -2.25. The van der Waals surface area contributed by atoms with E-state index in [4.69, 9.17) is 4.74 Å². The minimum Gasteiger partial charge on any atom is -0.374 e. The first-order valence-corrected chi connectivity index (χ1v) is 6.58. The van der Waals surface area contributed by atoms with Crippen LogP contribution in [0.5, 0.6) is 0 Å². The molecule has 2 unspecified atom stereocenters. The Bertz CT molecular complexity index is 399. The van der Waals surface area contributed by atoms with Crippen LogP contribution in [0.1, 0.15) is 43.5 Å². The molecule has 1 aliphatic carbocycles. The Hall–Kier alpha value is -0.930. The van der Waals surface area contributed by atoms with Crippen LogP contribution in [0.4, 0.5) is 0 Å². The largest absolute Gasteiger partial charge is 0.374 e. The topological polar surface area (TPSA) is 34.2 Å². The van der Waals surface area contributed by atoms with Gasteiger partial charge in [-0.2, -0.15) is 0 Å². The number of aryl methyl sites for hydroxylation is 1. The van der Waals surface area contributed by atoms with Crippen molar-refractivity contribution in [2.75, 3.05) is 13.2 Å². The predicted molar refractivity (Wildman–Crippen MR) is 66.9 cm³/mol. The second-order valence-corrected chi connectivity index (χ2v) is 5.42. The molecule has 2 atom stereocenters. The number of aromatic nitrogens is 1. The number of ether oxygens (including phenoxy) is 1. The van der Waals surface area contributed by atoms with Crippen molar-refractivity contribution >= 4 is 0 Å². The van der Waals surface area contributed by atoms with Gasteiger partial charge in [0.15, 0.2) is 0 Å². The standard InChI is InChI=1S/C14H20N2O/c1-14(7-3-9-17-14)10-16-12-6-5-11-4-2-8-15-13(11)12/h2,4,8,12,16H,3,5-7,9-10H2,1H3. The van der Waals surface area contributed by atoms with E-state index in [1.807, 2.05) is 12.3 Å². The fraction of sp³-hybridized carbons (Fsp3) is 0.643. The van der Waals surface area contributed by atoms with Crippen LogP contribution in [0.2, 0.25) is 0 Å². The first kappa shape index (κ1) is 11.2. The highest BCUT2D eigenvalue weighted by Crippen LogP contribution is 2.30. The van der Waals surface area contributed by atoms with Crippen LogP contribution in [0, 0.1) is 0 Å². The molecule has 1 aliphatic heterocycles. The average molecular weight is 232 g/mol. The lowest BCUT2D eigenvalue weighted by Crippen LogP contribution is -2.38. The maximum Gasteiger partial charge on any atom is 0.0779 e. The lowest BCUT2D eigenvalue weighted by molar-refractivity contribution is 0.0186. The number of hydrogen-bond donors (Lipinski definition) is 1. The number of fused-ring (bicyclic) bond motifs is 1. The number of nitrogens with one attached hydrogen (secondary N) is 1. The van der Waals surface area contributed by atoms with Crippen LogP contribution < -0.4 is 5.32 Å². The minimum atomic E-state index is 0.0392. The minimum absolute atomic E-state index is 0.0392. The Morgan fingerprint density at radius 1 is 1.59 bits per heavy atom. The molecule has 0 spiro atoms. The molecule has 1 N–H and O–H groups in total. The Kier molecular flexibility index (Phi) is 2.89. The third kappa shape index (κ3) is 2.22. The third-order valence-electron chi connectivity index (χ3n) is 3.98. The van der Waals surface area contributed by atoms with Gasteiger partial charge in [0.05, 0.1) is 17.3 Å². The quantitative estimate of drug-likeness (QED) is 0.867. The van der Waals surface area contributed by atoms with Gasteiger partial charge in [0, 0.05) is 19.3 Å². The molecule has 3 rings (SSSR count). The summed E-state index contributed by atoms with van der Waals surface area (Å²) >= 11 is 0. The third-order valence-corrected chi connectivity index (χ3v) is 3.98. The summed E-state index contributed by atoms with van der Waals surface area (Å²) in [4.78, 5) is 4.51. The fourth-order valence-corrected chi connectivity index (χ4v) is 2.93. The first-order chi connectivity index (χ1) is 8.27. The smallest absolute Gasteiger partial charge is 0.0779 e. The summed E-state index contributed by atoms with van der Waals surface area (Å²) in [5.74, 6) is 0. The molecule has 0 bridgehead atoms. The van der Waals surface area contributed by atoms with E-state index in [0.29, 0.717) is 6.04 Å². The molecule has 1 saturated heterocycles. The lowest BCUT2D eigenvalue weighted by atomic mass is 10.0. The zero-order valence-corrected chi connectivity index (χ0v) is 10.4. The van der Waals surface area contributed by atoms with Crippen LogP contribution in [-0.4, -0.2) is 23.7 Å². The van der Waals surface area contributed by atoms with Crippen LogP contribution in [0.15, 0.2) is 18.3 Å². The predicted octanol–water partition coefficient (Wildman–Crippen LogP) is 2.23. The Balaban J connectivity index is 1.64. The second kappa shape index (κ2) is 4.39. The van der Waals surface area contributed by atoms with Gasteiger partial charge in [-0.1, -0.05) is 6.07 Å². The molecule has 0 aromatic carbocycles. The van der Waals surface area contributed by atoms with Gasteiger partial charge >= 0.3 is 0 Å². The van der Waals surface area contributed by atoms with Crippen LogP contribution in [0.25, 0.3) is 0 Å². The Morgan fingerprint density at radius 2 is 2.53 bits per heavy atom. The molecular formula is C14H20N2O. The van der Waals surface area contributed by atoms with Crippen LogP contribution in [0.3, 0.4) is 0 Å². The molecular weight excluding hydrogens is 212 g/mol. The van der Waals surface area contributed by atoms with Crippen molar-refractivity contribution in [3.8, 4) is 0 Å². The van der Waals surface area contributed by atoms with Crippen molar-refractivity contribution in [2.24, 2.45) is 0 Å². The summed E-state index contributed by atoms with van der Waals surface area (Å²) in [7, 11) is 0. The molecule has 0 amide bonds. The first-order valence-electron chi connectivity index (χ1n) is 6.58. The molecule has 1 fully saturated rings. The van der Waals surface area contributed by atoms with Crippen LogP contribution in [-0.2, 0) is 11.2 Å². The molecule has 17 heavy (non-hydrogen) atoms. The molecule has 0 radical (unpaired) electrons. The van der Waals surface area contributed by atoms with E-state index in [-0.39, 0.29) is 5.60 Å². The molecule has 0 saturated carbocycles. The summed E-state index contributed by atoms with van der Waals surface area (Å²) < 4.78 is 5.81. The van der Waals surface area contributed by atoms with Crippen molar-refractivity contribution in [3.05, 3.63) is 29.6 Å². The molecule has 1 aromatic rings. The van der Waals surface area contributed by atoms with Crippen molar-refractivity contribution in [1.29, 1.82) is 0 Å². The summed E-state index contributed by atoms with van der Waals surface area (Å²) in [5, 5.41) is 3.63. The van der Waals surface area contributed by atoms with E-state index < -0.39 is 0 Å². The number of nitrogens with zero attached hydrogens (tertiary/aromatic N) is 1. The van der Waals surface area contributed by atoms with E-state index in [1.54, 1.807) is 0 Å². The normalized spacial score (nSPS) is 31.7. The number of rotatable bonds is 3. The monoisotopic (exact) mass is 232 g/mol. The van der Waals surface area contributed by atoms with Gasteiger partial charge in [-0.15, -0.1) is 0 Å². The van der Waals surface area contributed by atoms with Gasteiger partial charge in [0.25, 0.3) is 0 Å². The Morgan fingerprint density at radius 3 is 3.35 bits per heavy atom. The van der Waals surface area contributed by atoms with Crippen molar-refractivity contribution in [1.82, 2.24) is 10.3 Å². The van der Waals surface area contributed by atoms with Gasteiger partial charge in [0.1, 0.15) is 0 Å². The average Bonchev–Trinajstić information content (AvgIpc) is 2.94. The van der Waals surface area contributed by atoms with E-state index in [9.17, 15) is 0 Å². The summed E-state index contributed by atoms with van der Waals surface area (Å²) in [6, 6.07) is 4.65. The molecule has 2 aliphatic rings. The highest BCUT2D eigenvalue weighted by atomic mass is 16.5. The molecule has 1 aromatic heterocycles. The summed E-state index contributed by atoms with van der Waals surface area (Å²) in [6.45, 7) is 4.06. The molecule has 3 heteroatoms. The number of hydrogen-bond acceptors (Lipinski definition) is 3. The van der Waals surface area contributed by atoms with E-state index in [1.165, 1.54) is 30.5 Å². The van der Waals surface area contributed by atoms with Gasteiger partial charge in [0.2, 0.25) is 0 Å². The van der Waals surface area contributed by atoms with Crippen LogP contribution >= 0.6 is 0 Å². The van der Waals surface area contributed by atoms with E-state index in [2.05, 4.69) is 23.3 Å². The fourth-order valence-electron chi connectivity index (χ4n) is 2.93. The van der Waals surface area contributed by atoms with Gasteiger partial charge < -0.3 is 10.1 Å². The molecule has 3 nitrogen and oxygen atoms in total. The Labute approximate surface area is 103 Å². The maximum absolute atomic E-state index is 5.81. The zero-order chi connectivity index (χ0) is 11.7. The second-order valence-electron chi connectivity index (χ2n) is 5.42. The van der Waals surface area contributed by atoms with Gasteiger partial charge in [-0.05, 0) is 44.2 Å². The summed E-state index contributed by atoms with van der Waals surface area (Å²) in [5.41, 5.74) is 2.69. The highest BCUT2D eigenvalue weighted by Gasteiger charge is 2.32.